The van der Waals surface area contributed by atoms with Gasteiger partial charge >= 0.3 is 0 Å². The molecule has 6 rings (SSSR count). The summed E-state index contributed by atoms with van der Waals surface area (Å²) in [6.07, 6.45) is -1.91. The first-order valence-corrected chi connectivity index (χ1v) is 40.1. The van der Waals surface area contributed by atoms with E-state index in [1.807, 2.05) is 101 Å². The molecule has 4 unspecified atom stereocenters. The maximum atomic E-state index is 14.1. The summed E-state index contributed by atoms with van der Waals surface area (Å²) >= 11 is 0. The lowest BCUT2D eigenvalue weighted by Crippen LogP contribution is -2.38. The number of aryl methyl sites for hydroxylation is 2. The van der Waals surface area contributed by atoms with Crippen LogP contribution in [0.5, 0.6) is 0 Å². The summed E-state index contributed by atoms with van der Waals surface area (Å²) in [5.74, 6) is -0.839. The van der Waals surface area contributed by atoms with Crippen LogP contribution in [0.4, 0.5) is 0 Å². The van der Waals surface area contributed by atoms with Gasteiger partial charge in [-0.1, -0.05) is 85.6 Å². The van der Waals surface area contributed by atoms with Crippen molar-refractivity contribution in [2.75, 3.05) is 203 Å². The third-order valence-electron chi connectivity index (χ3n) is 15.8. The fraction of sp³-hybridized carbons (Fsp3) is 0.647. The van der Waals surface area contributed by atoms with E-state index in [9.17, 15) is 33.7 Å². The first kappa shape index (κ1) is 86.5. The number of hydrogen-bond donors (Lipinski definition) is 4. The Morgan fingerprint density at radius 3 is 1.02 bits per heavy atom. The van der Waals surface area contributed by atoms with Crippen molar-refractivity contribution < 1.29 is 90.5 Å². The van der Waals surface area contributed by atoms with Crippen LogP contribution < -0.4 is 19.5 Å². The highest BCUT2D eigenvalue weighted by atomic mass is 32.2. The molecular formula is C68H109BN5O20S4. The number of ether oxygens (including phenoxy) is 12. The number of nitrogens with one attached hydrogen (secondary N) is 4. The molecule has 2 aliphatic carbocycles. The summed E-state index contributed by atoms with van der Waals surface area (Å²) in [4.78, 5) is 0. The zero-order chi connectivity index (χ0) is 70.5. The molecule has 2 aliphatic rings. The number of fused-ring (bicyclic) bond motifs is 6. The number of sulfonamides is 4. The van der Waals surface area contributed by atoms with Gasteiger partial charge in [0.25, 0.3) is 0 Å². The number of nitrogens with zero attached hydrogens (tertiary/aromatic N) is 1. The summed E-state index contributed by atoms with van der Waals surface area (Å²) in [6, 6.07) is 24.4. The Hall–Kier alpha value is -3.94. The van der Waals surface area contributed by atoms with Crippen LogP contribution in [0.25, 0.3) is 33.4 Å². The van der Waals surface area contributed by atoms with Gasteiger partial charge in [-0.05, 0) is 127 Å². The highest BCUT2D eigenvalue weighted by Crippen LogP contribution is 2.52. The normalized spacial score (nSPS) is 16.0. The van der Waals surface area contributed by atoms with Crippen LogP contribution in [0.15, 0.2) is 72.8 Å². The minimum atomic E-state index is -3.77. The number of rotatable bonds is 53. The molecule has 4 atom stereocenters. The predicted octanol–water partition coefficient (Wildman–Crippen LogP) is 6.42. The summed E-state index contributed by atoms with van der Waals surface area (Å²) in [7, 11) is -6.81. The molecule has 0 heterocycles. The van der Waals surface area contributed by atoms with E-state index in [2.05, 4.69) is 25.5 Å². The van der Waals surface area contributed by atoms with Crippen LogP contribution in [0.2, 0.25) is 0 Å². The van der Waals surface area contributed by atoms with E-state index >= 15 is 0 Å². The molecule has 4 aromatic rings. The predicted molar refractivity (Wildman–Crippen MR) is 383 cm³/mol. The second-order valence-electron chi connectivity index (χ2n) is 23.1. The van der Waals surface area contributed by atoms with Gasteiger partial charge in [0, 0.05) is 96.0 Å². The van der Waals surface area contributed by atoms with Gasteiger partial charge in [0.05, 0.1) is 102 Å². The fourth-order valence-corrected chi connectivity index (χ4v) is 15.7. The molecule has 25 nitrogen and oxygen atoms in total. The van der Waals surface area contributed by atoms with Crippen molar-refractivity contribution in [3.05, 3.63) is 106 Å². The summed E-state index contributed by atoms with van der Waals surface area (Å²) in [6.45, 7) is 13.1. The first-order valence-electron chi connectivity index (χ1n) is 33.5. The third-order valence-corrected chi connectivity index (χ3v) is 22.1. The number of hydrogen-bond acceptors (Lipinski definition) is 21. The van der Waals surface area contributed by atoms with Crippen LogP contribution in [-0.2, 0) is 96.9 Å². The molecule has 4 N–H and O–H groups in total. The maximum Gasteiger partial charge on any atom is 0.214 e. The van der Waals surface area contributed by atoms with E-state index in [1.54, 1.807) is 28.4 Å². The zero-order valence-electron chi connectivity index (χ0n) is 59.0. The molecule has 98 heavy (non-hydrogen) atoms. The molecule has 553 valence electrons. The highest BCUT2D eigenvalue weighted by Gasteiger charge is 2.39. The van der Waals surface area contributed by atoms with Gasteiger partial charge in [-0.2, -0.15) is 4.31 Å². The van der Waals surface area contributed by atoms with Crippen molar-refractivity contribution in [3.8, 4) is 33.4 Å². The molecule has 0 amide bonds. The fourth-order valence-electron chi connectivity index (χ4n) is 11.1. The van der Waals surface area contributed by atoms with Crippen LogP contribution in [-0.4, -0.2) is 250 Å². The average Bonchev–Trinajstić information content (AvgIpc) is 0.747. The minimum absolute atomic E-state index is 0. The van der Waals surface area contributed by atoms with E-state index in [0.717, 1.165) is 66.8 Å². The second-order valence-corrected chi connectivity index (χ2v) is 31.0. The highest BCUT2D eigenvalue weighted by molar-refractivity contribution is 7.90. The molecule has 0 spiro atoms. The van der Waals surface area contributed by atoms with Crippen molar-refractivity contribution in [3.63, 3.8) is 0 Å². The van der Waals surface area contributed by atoms with Gasteiger partial charge in [0.1, 0.15) is 24.4 Å². The van der Waals surface area contributed by atoms with Gasteiger partial charge in [0.15, 0.2) is 0 Å². The summed E-state index contributed by atoms with van der Waals surface area (Å²) < 4.78 is 186. The largest absolute Gasteiger partial charge is 0.382 e. The second kappa shape index (κ2) is 46.6. The van der Waals surface area contributed by atoms with Crippen LogP contribution in [0.3, 0.4) is 0 Å². The Labute approximate surface area is 586 Å². The van der Waals surface area contributed by atoms with E-state index in [1.165, 1.54) is 4.31 Å². The summed E-state index contributed by atoms with van der Waals surface area (Å²) in [5.41, 5.74) is 10.2. The van der Waals surface area contributed by atoms with Crippen molar-refractivity contribution in [2.24, 2.45) is 0 Å². The Kier molecular flexibility index (Phi) is 41.1. The topological polar surface area (TPSA) is 299 Å². The molecular weight excluding hydrogens is 1350 g/mol. The Morgan fingerprint density at radius 1 is 0.367 bits per heavy atom. The van der Waals surface area contributed by atoms with Gasteiger partial charge in [-0.25, -0.2) is 47.8 Å². The quantitative estimate of drug-likeness (QED) is 0.0274. The molecule has 0 bridgehead atoms. The minimum Gasteiger partial charge on any atom is -0.382 e. The molecule has 0 saturated heterocycles. The van der Waals surface area contributed by atoms with Crippen LogP contribution in [0, 0.1) is 13.8 Å². The third kappa shape index (κ3) is 29.4. The molecule has 0 saturated carbocycles. The average molecular weight is 1460 g/mol. The molecule has 3 radical (unpaired) electrons. The van der Waals surface area contributed by atoms with Gasteiger partial charge in [-0.3, -0.25) is 0 Å². The van der Waals surface area contributed by atoms with E-state index in [4.69, 9.17) is 56.8 Å². The Morgan fingerprint density at radius 2 is 0.684 bits per heavy atom. The molecule has 4 aromatic carbocycles. The van der Waals surface area contributed by atoms with Crippen LogP contribution >= 0.6 is 0 Å². The lowest BCUT2D eigenvalue weighted by Gasteiger charge is -2.37. The molecule has 0 fully saturated rings. The zero-order valence-corrected chi connectivity index (χ0v) is 62.2. The SMILES string of the molecule is CC.CNCCCN(CCOCCOC)S(=O)(=O)CCCOC1c2cc(-c3ccc4c(c3)C(OCCCS(=O)(=O)NCCOCCOC)C(OCCCS(=O)(=O)NCCOCCOC)c3cc(C)ccc3-4)ccc2-c2ccc(C)cc2C1OCCCS(=O)(=O)NCCOCCOC.[B]. The maximum absolute atomic E-state index is 14.1. The van der Waals surface area contributed by atoms with Crippen molar-refractivity contribution >= 4 is 48.5 Å². The summed E-state index contributed by atoms with van der Waals surface area (Å²) in [5, 5.41) is 3.09. The van der Waals surface area contributed by atoms with Gasteiger partial charge in [-0.15, -0.1) is 0 Å². The standard InChI is InChI=1S/C66H103N5O20S4.C2H6.B/c1-51-13-17-55-57-19-15-53(49-61(57)65(90-29-11-45-94(76,77)70-24-33-86-41-37-82-6)63(59(55)47-51)88-27-9-43-92(72,73)68-22-31-84-39-35-80-4)54-16-20-58-56-18-14-52(2)48-60(56)64(89-28-10-44-93(74,75)69-23-32-85-40-36-81-5)66(62(58)50-54)91-30-12-46-95(78,79)71(25-8-21-67-3)26-34-87-42-38-83-7;1-2;/h13-20,47-50,63-70H,8-12,21-46H2,1-7H3;1-2H3;. The van der Waals surface area contributed by atoms with Crippen molar-refractivity contribution in [1.29, 1.82) is 0 Å². The Bertz CT molecular complexity index is 3390. The molecule has 0 aliphatic heterocycles. The Balaban J connectivity index is 0.00000674. The first-order chi connectivity index (χ1) is 46.8. The van der Waals surface area contributed by atoms with Gasteiger partial charge in [0.2, 0.25) is 40.1 Å². The molecule has 30 heteroatoms. The molecule has 0 aromatic heterocycles. The van der Waals surface area contributed by atoms with Gasteiger partial charge < -0.3 is 62.2 Å². The smallest absolute Gasteiger partial charge is 0.214 e. The van der Waals surface area contributed by atoms with Crippen molar-refractivity contribution in [2.45, 2.75) is 84.2 Å². The monoisotopic (exact) mass is 1450 g/mol. The lowest BCUT2D eigenvalue weighted by molar-refractivity contribution is -0.0789. The van der Waals surface area contributed by atoms with Crippen molar-refractivity contribution in [1.82, 2.24) is 23.8 Å². The van der Waals surface area contributed by atoms with E-state index in [-0.39, 0.29) is 136 Å². The number of methoxy groups -OCH3 is 4. The number of benzene rings is 4. The lowest BCUT2D eigenvalue weighted by atomic mass is 9.78. The van der Waals surface area contributed by atoms with E-state index < -0.39 is 64.5 Å². The van der Waals surface area contributed by atoms with Crippen LogP contribution in [0.1, 0.15) is 104 Å². The van der Waals surface area contributed by atoms with E-state index in [0.29, 0.717) is 72.4 Å².